The van der Waals surface area contributed by atoms with Gasteiger partial charge >= 0.3 is 12.4 Å². The van der Waals surface area contributed by atoms with E-state index in [2.05, 4.69) is 10.3 Å². The third-order valence-corrected chi connectivity index (χ3v) is 9.98. The second-order valence-corrected chi connectivity index (χ2v) is 14.5. The van der Waals surface area contributed by atoms with E-state index in [0.717, 1.165) is 46.7 Å². The van der Waals surface area contributed by atoms with Gasteiger partial charge in [0.15, 0.2) is 12.2 Å². The number of aliphatic hydroxyl groups is 1. The molecule has 0 aromatic heterocycles. The van der Waals surface area contributed by atoms with Crippen molar-refractivity contribution in [1.82, 2.24) is 0 Å². The average Bonchev–Trinajstić information content (AvgIpc) is 3.64. The number of aryl methyl sites for hydroxylation is 4. The minimum absolute atomic E-state index is 0.144. The standard InChI is InChI=1S/C20H19ClF3NO2.C20H19ClF3NO/c1-10-4-5-16(21)15(8-10)18(26)17-12(3)19(27-25-17)13-6-11(2)7-14(9-13)20(22,23)24;1-11-4-5-17(21)14(6-11)10-18-13(3)19(26-25-18)15-7-12(2)8-16(9-15)20(22,23)24/h4-9,12,18-19,26H,1-3H3;4-9,13,19H,10H2,1-3H3. The van der Waals surface area contributed by atoms with Gasteiger partial charge in [-0.1, -0.05) is 106 Å². The zero-order valence-corrected chi connectivity index (χ0v) is 31.2. The van der Waals surface area contributed by atoms with Crippen molar-refractivity contribution in [2.75, 3.05) is 0 Å². The predicted molar refractivity (Wildman–Crippen MR) is 194 cm³/mol. The largest absolute Gasteiger partial charge is 0.416 e. The summed E-state index contributed by atoms with van der Waals surface area (Å²) >= 11 is 12.4. The summed E-state index contributed by atoms with van der Waals surface area (Å²) in [5.74, 6) is -0.561. The highest BCUT2D eigenvalue weighted by Gasteiger charge is 2.39. The Morgan fingerprint density at radius 1 is 0.642 bits per heavy atom. The lowest BCUT2D eigenvalue weighted by Gasteiger charge is -2.20. The Labute approximate surface area is 314 Å². The van der Waals surface area contributed by atoms with Crippen LogP contribution in [0.4, 0.5) is 26.3 Å². The first-order chi connectivity index (χ1) is 24.7. The van der Waals surface area contributed by atoms with Crippen molar-refractivity contribution in [2.24, 2.45) is 22.1 Å². The van der Waals surface area contributed by atoms with E-state index in [1.165, 1.54) is 0 Å². The average molecular weight is 780 g/mol. The maximum atomic E-state index is 13.1. The maximum Gasteiger partial charge on any atom is 0.416 e. The lowest BCUT2D eigenvalue weighted by Crippen LogP contribution is -2.21. The van der Waals surface area contributed by atoms with Crippen LogP contribution in [-0.2, 0) is 28.4 Å². The Morgan fingerprint density at radius 2 is 1.13 bits per heavy atom. The summed E-state index contributed by atoms with van der Waals surface area (Å²) in [4.78, 5) is 10.9. The van der Waals surface area contributed by atoms with Crippen molar-refractivity contribution in [1.29, 1.82) is 0 Å². The Kier molecular flexibility index (Phi) is 11.9. The van der Waals surface area contributed by atoms with Gasteiger partial charge in [0.25, 0.3) is 0 Å². The summed E-state index contributed by atoms with van der Waals surface area (Å²) in [5.41, 5.74) is 5.02. The van der Waals surface area contributed by atoms with Gasteiger partial charge in [0, 0.05) is 33.9 Å². The number of hydrogen-bond acceptors (Lipinski definition) is 5. The van der Waals surface area contributed by atoms with Crippen molar-refractivity contribution >= 4 is 34.6 Å². The van der Waals surface area contributed by atoms with Gasteiger partial charge in [0.2, 0.25) is 0 Å². The molecule has 0 fully saturated rings. The minimum atomic E-state index is -4.44. The van der Waals surface area contributed by atoms with Gasteiger partial charge in [-0.25, -0.2) is 0 Å². The molecule has 0 saturated carbocycles. The highest BCUT2D eigenvalue weighted by atomic mass is 35.5. The molecular formula is C40H38Cl2F6N2O3. The monoisotopic (exact) mass is 778 g/mol. The minimum Gasteiger partial charge on any atom is -0.387 e. The molecule has 4 aromatic rings. The van der Waals surface area contributed by atoms with Crippen LogP contribution < -0.4 is 0 Å². The van der Waals surface area contributed by atoms with Crippen molar-refractivity contribution in [3.8, 4) is 0 Å². The SMILES string of the molecule is Cc1cc(C2ON=C(C(O)c3cc(C)ccc3Cl)C2C)cc(C(F)(F)F)c1.Cc1cc(C2ON=C(Cc3cc(C)ccc3Cl)C2C)cc(C(F)(F)F)c1. The molecule has 0 amide bonds. The van der Waals surface area contributed by atoms with Gasteiger partial charge < -0.3 is 14.8 Å². The van der Waals surface area contributed by atoms with Crippen LogP contribution >= 0.6 is 23.2 Å². The van der Waals surface area contributed by atoms with Crippen LogP contribution in [0.15, 0.2) is 83.1 Å². The number of oxime groups is 2. The molecule has 5 unspecified atom stereocenters. The normalized spacial score (nSPS) is 20.5. The molecule has 4 aromatic carbocycles. The van der Waals surface area contributed by atoms with Gasteiger partial charge in [0.1, 0.15) is 6.10 Å². The molecule has 13 heteroatoms. The number of benzene rings is 4. The first kappa shape index (κ1) is 40.1. The summed E-state index contributed by atoms with van der Waals surface area (Å²) < 4.78 is 78.6. The molecule has 2 aliphatic rings. The predicted octanol–water partition coefficient (Wildman–Crippen LogP) is 12.1. The van der Waals surface area contributed by atoms with Crippen molar-refractivity contribution in [3.63, 3.8) is 0 Å². The first-order valence-corrected chi connectivity index (χ1v) is 17.5. The van der Waals surface area contributed by atoms with Gasteiger partial charge in [-0.2, -0.15) is 26.3 Å². The molecule has 282 valence electrons. The van der Waals surface area contributed by atoms with E-state index in [0.29, 0.717) is 50.0 Å². The summed E-state index contributed by atoms with van der Waals surface area (Å²) in [6, 6.07) is 18.8. The van der Waals surface area contributed by atoms with Crippen LogP contribution in [0.1, 0.15) is 87.8 Å². The van der Waals surface area contributed by atoms with Gasteiger partial charge in [-0.05, 0) is 80.8 Å². The van der Waals surface area contributed by atoms with Crippen LogP contribution in [0, 0.1) is 39.5 Å². The topological polar surface area (TPSA) is 63.4 Å². The van der Waals surface area contributed by atoms with E-state index in [4.69, 9.17) is 32.9 Å². The summed E-state index contributed by atoms with van der Waals surface area (Å²) in [5, 5.41) is 19.9. The Hall–Kier alpha value is -4.06. The molecule has 2 aliphatic heterocycles. The molecule has 0 aliphatic carbocycles. The lowest BCUT2D eigenvalue weighted by atomic mass is 9.87. The van der Waals surface area contributed by atoms with E-state index in [9.17, 15) is 31.4 Å². The van der Waals surface area contributed by atoms with E-state index < -0.39 is 47.7 Å². The zero-order chi connectivity index (χ0) is 39.0. The van der Waals surface area contributed by atoms with E-state index in [1.54, 1.807) is 45.0 Å². The van der Waals surface area contributed by atoms with E-state index in [-0.39, 0.29) is 5.92 Å². The van der Waals surface area contributed by atoms with Crippen LogP contribution in [0.5, 0.6) is 0 Å². The fourth-order valence-electron chi connectivity index (χ4n) is 6.46. The second-order valence-electron chi connectivity index (χ2n) is 13.7. The number of hydrogen-bond donors (Lipinski definition) is 1. The lowest BCUT2D eigenvalue weighted by molar-refractivity contribution is -0.138. The van der Waals surface area contributed by atoms with Crippen molar-refractivity contribution < 1.29 is 41.1 Å². The number of halogens is 8. The number of aliphatic hydroxyl groups excluding tert-OH is 1. The van der Waals surface area contributed by atoms with Crippen LogP contribution in [-0.4, -0.2) is 16.5 Å². The zero-order valence-electron chi connectivity index (χ0n) is 29.7. The molecule has 0 bridgehead atoms. The Bertz CT molecular complexity index is 2050. The number of nitrogens with zero attached hydrogens (tertiary/aromatic N) is 2. The van der Waals surface area contributed by atoms with Crippen LogP contribution in [0.3, 0.4) is 0 Å². The smallest absolute Gasteiger partial charge is 0.387 e. The van der Waals surface area contributed by atoms with Crippen LogP contribution in [0.2, 0.25) is 10.0 Å². The van der Waals surface area contributed by atoms with E-state index >= 15 is 0 Å². The van der Waals surface area contributed by atoms with Crippen molar-refractivity contribution in [3.05, 3.63) is 138 Å². The van der Waals surface area contributed by atoms with Gasteiger partial charge in [-0.15, -0.1) is 0 Å². The molecule has 53 heavy (non-hydrogen) atoms. The third-order valence-electron chi connectivity index (χ3n) is 9.27. The molecule has 5 nitrogen and oxygen atoms in total. The molecule has 1 N–H and O–H groups in total. The maximum absolute atomic E-state index is 13.1. The highest BCUT2D eigenvalue weighted by molar-refractivity contribution is 6.32. The number of alkyl halides is 6. The quantitative estimate of drug-likeness (QED) is 0.198. The molecule has 6 rings (SSSR count). The Balaban J connectivity index is 0.000000204. The van der Waals surface area contributed by atoms with E-state index in [1.807, 2.05) is 45.0 Å². The second kappa shape index (κ2) is 15.7. The molecule has 0 saturated heterocycles. The summed E-state index contributed by atoms with van der Waals surface area (Å²) in [7, 11) is 0. The first-order valence-electron chi connectivity index (χ1n) is 16.8. The molecule has 5 atom stereocenters. The fraction of sp³-hybridized carbons (Fsp3) is 0.350. The van der Waals surface area contributed by atoms with Crippen LogP contribution in [0.25, 0.3) is 0 Å². The molecule has 0 spiro atoms. The highest BCUT2D eigenvalue weighted by Crippen LogP contribution is 2.41. The molecule has 0 radical (unpaired) electrons. The molecule has 2 heterocycles. The Morgan fingerprint density at radius 3 is 1.68 bits per heavy atom. The molecular weight excluding hydrogens is 741 g/mol. The van der Waals surface area contributed by atoms with Gasteiger partial charge in [0.05, 0.1) is 22.6 Å². The number of rotatable bonds is 6. The van der Waals surface area contributed by atoms with Gasteiger partial charge in [-0.3, -0.25) is 0 Å². The van der Waals surface area contributed by atoms with Crippen molar-refractivity contribution in [2.45, 2.75) is 78.6 Å². The third kappa shape index (κ3) is 9.37. The summed E-state index contributed by atoms with van der Waals surface area (Å²) in [6.45, 7) is 10.8. The summed E-state index contributed by atoms with van der Waals surface area (Å²) in [6.07, 6.45) is -10.7. The fourth-order valence-corrected chi connectivity index (χ4v) is 6.86.